The van der Waals surface area contributed by atoms with Gasteiger partial charge in [0.15, 0.2) is 0 Å². The van der Waals surface area contributed by atoms with Crippen molar-refractivity contribution >= 4 is 33.0 Å². The quantitative estimate of drug-likeness (QED) is 0.751. The molecule has 76 valence electrons. The number of carbonyl (C=O) groups is 1. The van der Waals surface area contributed by atoms with Crippen molar-refractivity contribution in [3.8, 4) is 0 Å². The van der Waals surface area contributed by atoms with Crippen molar-refractivity contribution in [2.75, 3.05) is 0 Å². The van der Waals surface area contributed by atoms with E-state index in [4.69, 9.17) is 0 Å². The summed E-state index contributed by atoms with van der Waals surface area (Å²) in [4.78, 5) is 10.8. The molecule has 0 amide bonds. The van der Waals surface area contributed by atoms with E-state index < -0.39 is 0 Å². The smallest absolute Gasteiger partial charge is 0.127 e. The van der Waals surface area contributed by atoms with Crippen molar-refractivity contribution in [1.82, 2.24) is 0 Å². The van der Waals surface area contributed by atoms with Gasteiger partial charge in [-0.1, -0.05) is 53.2 Å². The molecule has 2 rings (SSSR count). The Labute approximate surface area is 97.2 Å². The lowest BCUT2D eigenvalue weighted by molar-refractivity contribution is -0.108. The highest BCUT2D eigenvalue weighted by Crippen LogP contribution is 2.30. The first kappa shape index (κ1) is 10.4. The van der Waals surface area contributed by atoms with Gasteiger partial charge in [0.05, 0.1) is 0 Å². The van der Waals surface area contributed by atoms with Crippen molar-refractivity contribution in [2.45, 2.75) is 12.8 Å². The molecule has 0 radical (unpaired) electrons. The Kier molecular flexibility index (Phi) is 2.87. The molecule has 0 aliphatic rings. The fourth-order valence-corrected chi connectivity index (χ4v) is 2.39. The number of benzene rings is 2. The van der Waals surface area contributed by atoms with Gasteiger partial charge in [-0.3, -0.25) is 0 Å². The van der Waals surface area contributed by atoms with Crippen LogP contribution in [0.2, 0.25) is 0 Å². The molecule has 1 unspecified atom stereocenters. The molecule has 0 saturated heterocycles. The third-order valence-corrected chi connectivity index (χ3v) is 3.24. The first-order valence-electron chi connectivity index (χ1n) is 4.86. The maximum absolute atomic E-state index is 10.8. The molecular weight excluding hydrogens is 252 g/mol. The SMILES string of the molecule is CC(C=O)c1cccc2cccc(Br)c12. The van der Waals surface area contributed by atoms with Crippen molar-refractivity contribution in [1.29, 1.82) is 0 Å². The summed E-state index contributed by atoms with van der Waals surface area (Å²) in [5.74, 6) is -0.0626. The highest BCUT2D eigenvalue weighted by Gasteiger charge is 2.09. The molecule has 0 N–H and O–H groups in total. The molecule has 0 bridgehead atoms. The second-order valence-electron chi connectivity index (χ2n) is 3.61. The Balaban J connectivity index is 2.79. The van der Waals surface area contributed by atoms with Crippen LogP contribution in [0.1, 0.15) is 18.4 Å². The van der Waals surface area contributed by atoms with E-state index in [1.165, 1.54) is 0 Å². The van der Waals surface area contributed by atoms with Gasteiger partial charge < -0.3 is 4.79 Å². The van der Waals surface area contributed by atoms with Gasteiger partial charge in [0.2, 0.25) is 0 Å². The lowest BCUT2D eigenvalue weighted by atomic mass is 9.96. The van der Waals surface area contributed by atoms with E-state index in [-0.39, 0.29) is 5.92 Å². The largest absolute Gasteiger partial charge is 0.303 e. The Morgan fingerprint density at radius 1 is 1.20 bits per heavy atom. The summed E-state index contributed by atoms with van der Waals surface area (Å²) in [5, 5.41) is 2.30. The summed E-state index contributed by atoms with van der Waals surface area (Å²) in [5.41, 5.74) is 1.08. The van der Waals surface area contributed by atoms with Crippen LogP contribution >= 0.6 is 15.9 Å². The van der Waals surface area contributed by atoms with Crippen LogP contribution in [-0.4, -0.2) is 6.29 Å². The van der Waals surface area contributed by atoms with E-state index in [2.05, 4.69) is 28.1 Å². The maximum Gasteiger partial charge on any atom is 0.127 e. The number of hydrogen-bond donors (Lipinski definition) is 0. The molecule has 2 aromatic carbocycles. The van der Waals surface area contributed by atoms with E-state index in [0.717, 1.165) is 27.1 Å². The topological polar surface area (TPSA) is 17.1 Å². The molecular formula is C13H11BrO. The van der Waals surface area contributed by atoms with Crippen molar-refractivity contribution < 1.29 is 4.79 Å². The van der Waals surface area contributed by atoms with Gasteiger partial charge in [-0.15, -0.1) is 0 Å². The van der Waals surface area contributed by atoms with Gasteiger partial charge in [-0.2, -0.15) is 0 Å². The number of rotatable bonds is 2. The molecule has 15 heavy (non-hydrogen) atoms. The minimum atomic E-state index is -0.0626. The summed E-state index contributed by atoms with van der Waals surface area (Å²) in [6.07, 6.45) is 0.980. The summed E-state index contributed by atoms with van der Waals surface area (Å²) in [6, 6.07) is 12.1. The van der Waals surface area contributed by atoms with Crippen molar-refractivity contribution in [3.63, 3.8) is 0 Å². The Morgan fingerprint density at radius 2 is 1.87 bits per heavy atom. The summed E-state index contributed by atoms with van der Waals surface area (Å²) >= 11 is 3.53. The minimum Gasteiger partial charge on any atom is -0.303 e. The van der Waals surface area contributed by atoms with Gasteiger partial charge in [0, 0.05) is 10.4 Å². The molecule has 0 aliphatic heterocycles. The van der Waals surface area contributed by atoms with E-state index in [1.54, 1.807) is 0 Å². The second-order valence-corrected chi connectivity index (χ2v) is 4.46. The monoisotopic (exact) mass is 262 g/mol. The van der Waals surface area contributed by atoms with E-state index in [0.29, 0.717) is 0 Å². The Hall–Kier alpha value is -1.15. The van der Waals surface area contributed by atoms with Crippen molar-refractivity contribution in [2.24, 2.45) is 0 Å². The van der Waals surface area contributed by atoms with Crippen LogP contribution in [0, 0.1) is 0 Å². The van der Waals surface area contributed by atoms with Gasteiger partial charge in [-0.25, -0.2) is 0 Å². The third-order valence-electron chi connectivity index (χ3n) is 2.58. The average Bonchev–Trinajstić information content (AvgIpc) is 2.28. The fraction of sp³-hybridized carbons (Fsp3) is 0.154. The predicted molar refractivity (Wildman–Crippen MR) is 66.1 cm³/mol. The molecule has 2 heteroatoms. The predicted octanol–water partition coefficient (Wildman–Crippen LogP) is 3.90. The fourth-order valence-electron chi connectivity index (χ4n) is 1.78. The number of halogens is 1. The molecule has 0 fully saturated rings. The third kappa shape index (κ3) is 1.82. The van der Waals surface area contributed by atoms with Crippen LogP contribution in [0.25, 0.3) is 10.8 Å². The zero-order valence-corrected chi connectivity index (χ0v) is 9.99. The summed E-state index contributed by atoms with van der Waals surface area (Å²) < 4.78 is 1.05. The van der Waals surface area contributed by atoms with Crippen LogP contribution in [-0.2, 0) is 4.79 Å². The second kappa shape index (κ2) is 4.15. The van der Waals surface area contributed by atoms with Crippen LogP contribution in [0.15, 0.2) is 40.9 Å². The minimum absolute atomic E-state index is 0.0626. The maximum atomic E-state index is 10.8. The number of fused-ring (bicyclic) bond motifs is 1. The van der Waals surface area contributed by atoms with Crippen LogP contribution in [0.5, 0.6) is 0 Å². The van der Waals surface area contributed by atoms with Crippen LogP contribution < -0.4 is 0 Å². The van der Waals surface area contributed by atoms with Crippen LogP contribution in [0.3, 0.4) is 0 Å². The van der Waals surface area contributed by atoms with Crippen LogP contribution in [0.4, 0.5) is 0 Å². The van der Waals surface area contributed by atoms with E-state index >= 15 is 0 Å². The van der Waals surface area contributed by atoms with E-state index in [9.17, 15) is 4.79 Å². The molecule has 2 aromatic rings. The highest BCUT2D eigenvalue weighted by atomic mass is 79.9. The normalized spacial score (nSPS) is 12.7. The first-order valence-corrected chi connectivity index (χ1v) is 5.66. The number of hydrogen-bond acceptors (Lipinski definition) is 1. The molecule has 0 aliphatic carbocycles. The molecule has 0 heterocycles. The summed E-state index contributed by atoms with van der Waals surface area (Å²) in [6.45, 7) is 1.92. The zero-order valence-electron chi connectivity index (χ0n) is 8.41. The number of carbonyl (C=O) groups excluding carboxylic acids is 1. The molecule has 1 atom stereocenters. The van der Waals surface area contributed by atoms with E-state index in [1.807, 2.05) is 31.2 Å². The van der Waals surface area contributed by atoms with Gasteiger partial charge >= 0.3 is 0 Å². The highest BCUT2D eigenvalue weighted by molar-refractivity contribution is 9.10. The Morgan fingerprint density at radius 3 is 2.53 bits per heavy atom. The van der Waals surface area contributed by atoms with Gasteiger partial charge in [0.1, 0.15) is 6.29 Å². The lowest BCUT2D eigenvalue weighted by Gasteiger charge is -2.10. The van der Waals surface area contributed by atoms with Gasteiger partial charge in [-0.05, 0) is 22.4 Å². The molecule has 0 aromatic heterocycles. The first-order chi connectivity index (χ1) is 7.24. The molecule has 0 saturated carbocycles. The Bertz CT molecular complexity index is 500. The average molecular weight is 263 g/mol. The van der Waals surface area contributed by atoms with Crippen molar-refractivity contribution in [3.05, 3.63) is 46.4 Å². The lowest BCUT2D eigenvalue weighted by Crippen LogP contribution is -1.95. The standard InChI is InChI=1S/C13H11BrO/c1-9(8-15)11-6-2-4-10-5-3-7-12(14)13(10)11/h2-9H,1H3. The summed E-state index contributed by atoms with van der Waals surface area (Å²) in [7, 11) is 0. The molecule has 1 nitrogen and oxygen atoms in total. The number of aldehydes is 1. The molecule has 0 spiro atoms. The zero-order chi connectivity index (χ0) is 10.8. The van der Waals surface area contributed by atoms with Gasteiger partial charge in [0.25, 0.3) is 0 Å².